The number of phenols is 1. The number of rotatable bonds is 4. The summed E-state index contributed by atoms with van der Waals surface area (Å²) in [5, 5.41) is 18.2. The second kappa shape index (κ2) is 5.43. The van der Waals surface area contributed by atoms with Gasteiger partial charge in [-0.25, -0.2) is 4.98 Å². The second-order valence-electron chi connectivity index (χ2n) is 4.07. The normalized spacial score (nSPS) is 10.2. The van der Waals surface area contributed by atoms with Crippen LogP contribution in [-0.4, -0.2) is 33.6 Å². The van der Waals surface area contributed by atoms with Crippen molar-refractivity contribution in [3.05, 3.63) is 42.1 Å². The predicted molar refractivity (Wildman–Crippen MR) is 68.7 cm³/mol. The van der Waals surface area contributed by atoms with Gasteiger partial charge in [-0.2, -0.15) is 0 Å². The van der Waals surface area contributed by atoms with Crippen LogP contribution in [0.15, 0.2) is 35.1 Å². The number of oxazole rings is 1. The van der Waals surface area contributed by atoms with Gasteiger partial charge in [-0.3, -0.25) is 14.5 Å². The number of nitrogens with zero attached hydrogens (tertiary/aromatic N) is 2. The highest BCUT2D eigenvalue weighted by molar-refractivity contribution is 6.07. The van der Waals surface area contributed by atoms with Gasteiger partial charge in [-0.1, -0.05) is 0 Å². The molecule has 0 aliphatic carbocycles. The molecule has 0 radical (unpaired) electrons. The molecule has 2 aromatic rings. The van der Waals surface area contributed by atoms with Gasteiger partial charge < -0.3 is 14.6 Å². The van der Waals surface area contributed by atoms with Crippen molar-refractivity contribution in [2.45, 2.75) is 6.92 Å². The van der Waals surface area contributed by atoms with Crippen molar-refractivity contribution in [1.82, 2.24) is 4.98 Å². The van der Waals surface area contributed by atoms with Crippen molar-refractivity contribution < 1.29 is 24.2 Å². The zero-order valence-electron chi connectivity index (χ0n) is 10.6. The number of hydrogen-bond acceptors (Lipinski definition) is 5. The molecule has 1 aromatic carbocycles. The van der Waals surface area contributed by atoms with Gasteiger partial charge in [-0.15, -0.1) is 0 Å². The van der Waals surface area contributed by atoms with E-state index in [1.54, 1.807) is 6.92 Å². The lowest BCUT2D eigenvalue weighted by Crippen LogP contribution is -2.35. The van der Waals surface area contributed by atoms with Crippen molar-refractivity contribution in [2.75, 3.05) is 11.4 Å². The predicted octanol–water partition coefficient (Wildman–Crippen LogP) is 1.42. The van der Waals surface area contributed by atoms with Gasteiger partial charge in [0.15, 0.2) is 6.39 Å². The summed E-state index contributed by atoms with van der Waals surface area (Å²) in [6.45, 7) is 1.07. The lowest BCUT2D eigenvalue weighted by Gasteiger charge is -2.19. The number of aliphatic carboxylic acids is 1. The Morgan fingerprint density at radius 1 is 1.30 bits per heavy atom. The Morgan fingerprint density at radius 2 is 1.95 bits per heavy atom. The number of aryl methyl sites for hydroxylation is 1. The van der Waals surface area contributed by atoms with Crippen LogP contribution in [0.25, 0.3) is 0 Å². The fourth-order valence-corrected chi connectivity index (χ4v) is 1.68. The summed E-state index contributed by atoms with van der Waals surface area (Å²) in [5.41, 5.74) is 0.718. The highest BCUT2D eigenvalue weighted by atomic mass is 16.4. The summed E-state index contributed by atoms with van der Waals surface area (Å²) in [5.74, 6) is -1.76. The maximum absolute atomic E-state index is 12.3. The molecule has 104 valence electrons. The molecule has 0 aliphatic heterocycles. The molecule has 0 atom stereocenters. The van der Waals surface area contributed by atoms with Crippen LogP contribution < -0.4 is 4.90 Å². The number of anilines is 1. The molecule has 0 spiro atoms. The first-order valence-electron chi connectivity index (χ1n) is 5.72. The van der Waals surface area contributed by atoms with Crippen LogP contribution in [0, 0.1) is 6.92 Å². The fourth-order valence-electron chi connectivity index (χ4n) is 1.68. The van der Waals surface area contributed by atoms with Gasteiger partial charge in [0, 0.05) is 5.69 Å². The zero-order valence-corrected chi connectivity index (χ0v) is 10.6. The third kappa shape index (κ3) is 2.77. The van der Waals surface area contributed by atoms with Crippen LogP contribution >= 0.6 is 0 Å². The summed E-state index contributed by atoms with van der Waals surface area (Å²) in [6, 6.07) is 5.62. The topological polar surface area (TPSA) is 104 Å². The standard InChI is InChI=1S/C13H12N2O5/c1-8-12(20-7-14-8)13(19)15(6-11(17)18)9-2-4-10(16)5-3-9/h2-5,7,16H,6H2,1H3,(H,17,18). The maximum atomic E-state index is 12.3. The quantitative estimate of drug-likeness (QED) is 0.875. The number of phenolic OH excluding ortho intramolecular Hbond substituents is 1. The molecule has 1 heterocycles. The van der Waals surface area contributed by atoms with Crippen molar-refractivity contribution in [3.63, 3.8) is 0 Å². The highest BCUT2D eigenvalue weighted by Crippen LogP contribution is 2.21. The molecule has 20 heavy (non-hydrogen) atoms. The molecule has 1 amide bonds. The Balaban J connectivity index is 2.37. The molecule has 0 bridgehead atoms. The number of benzene rings is 1. The van der Waals surface area contributed by atoms with Crippen LogP contribution in [0.3, 0.4) is 0 Å². The van der Waals surface area contributed by atoms with E-state index in [1.165, 1.54) is 24.3 Å². The molecule has 7 nitrogen and oxygen atoms in total. The van der Waals surface area contributed by atoms with Crippen molar-refractivity contribution in [3.8, 4) is 5.75 Å². The SMILES string of the molecule is Cc1ncoc1C(=O)N(CC(=O)O)c1ccc(O)cc1. The number of carboxylic acids is 1. The highest BCUT2D eigenvalue weighted by Gasteiger charge is 2.24. The van der Waals surface area contributed by atoms with E-state index in [-0.39, 0.29) is 11.5 Å². The van der Waals surface area contributed by atoms with Gasteiger partial charge in [-0.05, 0) is 31.2 Å². The van der Waals surface area contributed by atoms with E-state index in [1.807, 2.05) is 0 Å². The molecule has 0 fully saturated rings. The number of aromatic nitrogens is 1. The molecule has 0 saturated carbocycles. The monoisotopic (exact) mass is 276 g/mol. The fraction of sp³-hybridized carbons (Fsp3) is 0.154. The molecular weight excluding hydrogens is 264 g/mol. The van der Waals surface area contributed by atoms with E-state index in [9.17, 15) is 14.7 Å². The molecule has 2 N–H and O–H groups in total. The van der Waals surface area contributed by atoms with E-state index in [0.29, 0.717) is 11.4 Å². The molecule has 0 aliphatic rings. The molecule has 2 rings (SSSR count). The van der Waals surface area contributed by atoms with Gasteiger partial charge in [0.05, 0.1) is 5.69 Å². The Bertz CT molecular complexity index is 632. The smallest absolute Gasteiger partial charge is 0.323 e. The van der Waals surface area contributed by atoms with E-state index in [0.717, 1.165) is 11.3 Å². The Labute approximate surface area is 114 Å². The zero-order chi connectivity index (χ0) is 14.7. The minimum atomic E-state index is -1.16. The first kappa shape index (κ1) is 13.6. The van der Waals surface area contributed by atoms with Crippen LogP contribution in [0.5, 0.6) is 5.75 Å². The summed E-state index contributed by atoms with van der Waals surface area (Å²) >= 11 is 0. The van der Waals surface area contributed by atoms with E-state index >= 15 is 0 Å². The first-order valence-corrected chi connectivity index (χ1v) is 5.72. The van der Waals surface area contributed by atoms with Crippen LogP contribution in [0.4, 0.5) is 5.69 Å². The van der Waals surface area contributed by atoms with Gasteiger partial charge in [0.1, 0.15) is 12.3 Å². The molecule has 0 saturated heterocycles. The van der Waals surface area contributed by atoms with Gasteiger partial charge in [0.25, 0.3) is 5.91 Å². The van der Waals surface area contributed by atoms with E-state index in [4.69, 9.17) is 9.52 Å². The second-order valence-corrected chi connectivity index (χ2v) is 4.07. The summed E-state index contributed by atoms with van der Waals surface area (Å²) in [6.07, 6.45) is 1.12. The average molecular weight is 276 g/mol. The van der Waals surface area contributed by atoms with Crippen molar-refractivity contribution in [2.24, 2.45) is 0 Å². The minimum absolute atomic E-state index is 0.0145. The van der Waals surface area contributed by atoms with Crippen LogP contribution in [-0.2, 0) is 4.79 Å². The minimum Gasteiger partial charge on any atom is -0.508 e. The van der Waals surface area contributed by atoms with E-state index in [2.05, 4.69) is 4.98 Å². The Hall–Kier alpha value is -2.83. The summed E-state index contributed by atoms with van der Waals surface area (Å²) < 4.78 is 4.99. The Kier molecular flexibility index (Phi) is 3.69. The van der Waals surface area contributed by atoms with Gasteiger partial charge in [0.2, 0.25) is 5.76 Å². The van der Waals surface area contributed by atoms with Crippen molar-refractivity contribution >= 4 is 17.6 Å². The molecule has 0 unspecified atom stereocenters. The number of hydrogen-bond donors (Lipinski definition) is 2. The third-order valence-corrected chi connectivity index (χ3v) is 2.64. The lowest BCUT2D eigenvalue weighted by molar-refractivity contribution is -0.135. The summed E-state index contributed by atoms with van der Waals surface area (Å²) in [7, 11) is 0. The average Bonchev–Trinajstić information content (AvgIpc) is 2.82. The van der Waals surface area contributed by atoms with Gasteiger partial charge >= 0.3 is 5.97 Å². The third-order valence-electron chi connectivity index (χ3n) is 2.64. The number of carboxylic acid groups (broad SMARTS) is 1. The molecule has 7 heteroatoms. The molecular formula is C13H12N2O5. The largest absolute Gasteiger partial charge is 0.508 e. The number of carbonyl (C=O) groups excluding carboxylic acids is 1. The van der Waals surface area contributed by atoms with Crippen molar-refractivity contribution in [1.29, 1.82) is 0 Å². The van der Waals surface area contributed by atoms with Crippen LogP contribution in [0.2, 0.25) is 0 Å². The number of carbonyl (C=O) groups is 2. The number of amides is 1. The lowest BCUT2D eigenvalue weighted by atomic mass is 10.2. The summed E-state index contributed by atoms with van der Waals surface area (Å²) in [4.78, 5) is 28.1. The van der Waals surface area contributed by atoms with E-state index < -0.39 is 18.4 Å². The maximum Gasteiger partial charge on any atom is 0.323 e. The molecule has 1 aromatic heterocycles. The Morgan fingerprint density at radius 3 is 2.45 bits per heavy atom. The number of aromatic hydroxyl groups is 1. The first-order chi connectivity index (χ1) is 9.49. The van der Waals surface area contributed by atoms with Crippen LogP contribution in [0.1, 0.15) is 16.2 Å².